The number of amides is 1. The molecule has 118 valence electrons. The van der Waals surface area contributed by atoms with Crippen molar-refractivity contribution in [1.82, 2.24) is 4.90 Å². The molecule has 0 heterocycles. The summed E-state index contributed by atoms with van der Waals surface area (Å²) in [4.78, 5) is 14.1. The third kappa shape index (κ3) is 4.63. The van der Waals surface area contributed by atoms with Crippen molar-refractivity contribution in [1.29, 1.82) is 0 Å². The second kappa shape index (κ2) is 7.88. The van der Waals surface area contributed by atoms with Crippen molar-refractivity contribution in [3.63, 3.8) is 0 Å². The van der Waals surface area contributed by atoms with Crippen molar-refractivity contribution in [2.45, 2.75) is 26.3 Å². The van der Waals surface area contributed by atoms with Gasteiger partial charge in [0.25, 0.3) is 5.91 Å². The molecular weight excluding hydrogens is 268 g/mol. The monoisotopic (exact) mass is 294 g/mol. The van der Waals surface area contributed by atoms with Crippen LogP contribution in [0.15, 0.2) is 18.2 Å². The minimum Gasteiger partial charge on any atom is -0.497 e. The van der Waals surface area contributed by atoms with Crippen molar-refractivity contribution in [2.24, 2.45) is 11.7 Å². The van der Waals surface area contributed by atoms with Crippen LogP contribution in [0.25, 0.3) is 0 Å². The van der Waals surface area contributed by atoms with Gasteiger partial charge in [0.1, 0.15) is 11.5 Å². The third-order valence-electron chi connectivity index (χ3n) is 3.64. The lowest BCUT2D eigenvalue weighted by Gasteiger charge is -2.22. The van der Waals surface area contributed by atoms with E-state index in [4.69, 9.17) is 15.2 Å². The maximum atomic E-state index is 12.5. The van der Waals surface area contributed by atoms with E-state index in [1.165, 1.54) is 0 Å². The van der Waals surface area contributed by atoms with Crippen molar-refractivity contribution in [2.75, 3.05) is 27.8 Å². The molecule has 1 rings (SSSR count). The van der Waals surface area contributed by atoms with Crippen LogP contribution in [-0.4, -0.2) is 44.7 Å². The van der Waals surface area contributed by atoms with Gasteiger partial charge >= 0.3 is 0 Å². The van der Waals surface area contributed by atoms with Gasteiger partial charge in [0.15, 0.2) is 0 Å². The van der Waals surface area contributed by atoms with E-state index in [1.54, 1.807) is 44.4 Å². The fraction of sp³-hybridized carbons (Fsp3) is 0.562. The van der Waals surface area contributed by atoms with Crippen LogP contribution in [0.1, 0.15) is 30.6 Å². The fourth-order valence-electron chi connectivity index (χ4n) is 1.96. The average molecular weight is 294 g/mol. The summed E-state index contributed by atoms with van der Waals surface area (Å²) in [5.41, 5.74) is 6.55. The number of hydrogen-bond acceptors (Lipinski definition) is 4. The number of nitrogens with two attached hydrogens (primary N) is 1. The standard InChI is InChI=1S/C16H26N2O3/c1-11(2)14(17)8-9-18(3)16(19)13-7-6-12(20-4)10-15(13)21-5/h6-7,10-11,14H,8-9,17H2,1-5H3. The van der Waals surface area contributed by atoms with Crippen LogP contribution in [0, 0.1) is 5.92 Å². The highest BCUT2D eigenvalue weighted by molar-refractivity contribution is 5.97. The highest BCUT2D eigenvalue weighted by atomic mass is 16.5. The smallest absolute Gasteiger partial charge is 0.257 e. The molecule has 0 saturated carbocycles. The molecule has 0 aliphatic heterocycles. The second-order valence-electron chi connectivity index (χ2n) is 5.49. The number of nitrogens with zero attached hydrogens (tertiary/aromatic N) is 1. The zero-order chi connectivity index (χ0) is 16.0. The normalized spacial score (nSPS) is 12.1. The number of benzene rings is 1. The molecule has 5 nitrogen and oxygen atoms in total. The summed E-state index contributed by atoms with van der Waals surface area (Å²) in [6.45, 7) is 4.78. The first kappa shape index (κ1) is 17.3. The van der Waals surface area contributed by atoms with Gasteiger partial charge < -0.3 is 20.1 Å². The fourth-order valence-corrected chi connectivity index (χ4v) is 1.96. The summed E-state index contributed by atoms with van der Waals surface area (Å²) in [5, 5.41) is 0. The minimum atomic E-state index is -0.0783. The van der Waals surface area contributed by atoms with Gasteiger partial charge in [0.2, 0.25) is 0 Å². The summed E-state index contributed by atoms with van der Waals surface area (Å²) >= 11 is 0. The van der Waals surface area contributed by atoms with Crippen molar-refractivity contribution in [3.05, 3.63) is 23.8 Å². The molecule has 1 amide bonds. The van der Waals surface area contributed by atoms with Gasteiger partial charge in [-0.05, 0) is 24.5 Å². The summed E-state index contributed by atoms with van der Waals surface area (Å²) in [6, 6.07) is 5.28. The SMILES string of the molecule is COc1ccc(C(=O)N(C)CCC(N)C(C)C)c(OC)c1. The number of hydrogen-bond donors (Lipinski definition) is 1. The van der Waals surface area contributed by atoms with E-state index in [-0.39, 0.29) is 11.9 Å². The van der Waals surface area contributed by atoms with Gasteiger partial charge in [-0.2, -0.15) is 0 Å². The van der Waals surface area contributed by atoms with E-state index in [0.29, 0.717) is 29.5 Å². The number of ether oxygens (including phenoxy) is 2. The molecule has 1 aromatic rings. The molecule has 0 saturated heterocycles. The summed E-state index contributed by atoms with van der Waals surface area (Å²) in [6.07, 6.45) is 0.776. The lowest BCUT2D eigenvalue weighted by molar-refractivity contribution is 0.0785. The summed E-state index contributed by atoms with van der Waals surface area (Å²) < 4.78 is 10.4. The Morgan fingerprint density at radius 1 is 1.29 bits per heavy atom. The first-order valence-electron chi connectivity index (χ1n) is 7.13. The highest BCUT2D eigenvalue weighted by Crippen LogP contribution is 2.25. The van der Waals surface area contributed by atoms with Crippen LogP contribution >= 0.6 is 0 Å². The van der Waals surface area contributed by atoms with E-state index < -0.39 is 0 Å². The molecule has 0 aromatic heterocycles. The van der Waals surface area contributed by atoms with Gasteiger partial charge in [-0.15, -0.1) is 0 Å². The topological polar surface area (TPSA) is 64.8 Å². The average Bonchev–Trinajstić information content (AvgIpc) is 2.50. The maximum absolute atomic E-state index is 12.5. The van der Waals surface area contributed by atoms with Crippen LogP contribution in [0.3, 0.4) is 0 Å². The molecular formula is C16H26N2O3. The largest absolute Gasteiger partial charge is 0.497 e. The molecule has 0 aliphatic rings. The maximum Gasteiger partial charge on any atom is 0.257 e. The van der Waals surface area contributed by atoms with E-state index in [0.717, 1.165) is 6.42 Å². The number of carbonyl (C=O) groups excluding carboxylic acids is 1. The summed E-state index contributed by atoms with van der Waals surface area (Å²) in [5.74, 6) is 1.50. The second-order valence-corrected chi connectivity index (χ2v) is 5.49. The Bertz CT molecular complexity index is 475. The molecule has 1 aromatic carbocycles. The molecule has 5 heteroatoms. The molecule has 0 spiro atoms. The van der Waals surface area contributed by atoms with Crippen molar-refractivity contribution < 1.29 is 14.3 Å². The van der Waals surface area contributed by atoms with Gasteiger partial charge in [0.05, 0.1) is 19.8 Å². The molecule has 1 unspecified atom stereocenters. The first-order valence-corrected chi connectivity index (χ1v) is 7.13. The molecule has 0 aliphatic carbocycles. The molecule has 2 N–H and O–H groups in total. The molecule has 0 fully saturated rings. The van der Waals surface area contributed by atoms with Crippen LogP contribution in [-0.2, 0) is 0 Å². The van der Waals surface area contributed by atoms with Crippen molar-refractivity contribution in [3.8, 4) is 11.5 Å². The van der Waals surface area contributed by atoms with Gasteiger partial charge in [-0.1, -0.05) is 13.8 Å². The van der Waals surface area contributed by atoms with Crippen LogP contribution in [0.2, 0.25) is 0 Å². The lowest BCUT2D eigenvalue weighted by Crippen LogP contribution is -2.34. The molecule has 0 bridgehead atoms. The van der Waals surface area contributed by atoms with Crippen LogP contribution < -0.4 is 15.2 Å². The highest BCUT2D eigenvalue weighted by Gasteiger charge is 2.18. The molecule has 21 heavy (non-hydrogen) atoms. The Balaban J connectivity index is 2.78. The Labute approximate surface area is 127 Å². The lowest BCUT2D eigenvalue weighted by atomic mass is 10.0. The Kier molecular flexibility index (Phi) is 6.49. The molecule has 0 radical (unpaired) electrons. The van der Waals surface area contributed by atoms with E-state index >= 15 is 0 Å². The Morgan fingerprint density at radius 2 is 1.95 bits per heavy atom. The third-order valence-corrected chi connectivity index (χ3v) is 3.64. The summed E-state index contributed by atoms with van der Waals surface area (Å²) in [7, 11) is 4.90. The zero-order valence-electron chi connectivity index (χ0n) is 13.6. The van der Waals surface area contributed by atoms with E-state index in [9.17, 15) is 4.79 Å². The number of rotatable bonds is 7. The van der Waals surface area contributed by atoms with E-state index in [1.807, 2.05) is 0 Å². The van der Waals surface area contributed by atoms with Gasteiger partial charge in [-0.3, -0.25) is 4.79 Å². The Hall–Kier alpha value is -1.75. The minimum absolute atomic E-state index is 0.0783. The predicted molar refractivity (Wildman–Crippen MR) is 83.9 cm³/mol. The quantitative estimate of drug-likeness (QED) is 0.837. The number of methoxy groups -OCH3 is 2. The first-order chi connectivity index (χ1) is 9.90. The van der Waals surface area contributed by atoms with Gasteiger partial charge in [0, 0.05) is 25.7 Å². The van der Waals surface area contributed by atoms with E-state index in [2.05, 4.69) is 13.8 Å². The van der Waals surface area contributed by atoms with Crippen LogP contribution in [0.4, 0.5) is 0 Å². The zero-order valence-corrected chi connectivity index (χ0v) is 13.6. The van der Waals surface area contributed by atoms with Gasteiger partial charge in [-0.25, -0.2) is 0 Å². The van der Waals surface area contributed by atoms with Crippen molar-refractivity contribution >= 4 is 5.91 Å². The molecule has 1 atom stereocenters. The number of carbonyl (C=O) groups is 1. The predicted octanol–water partition coefficient (Wildman–Crippen LogP) is 2.15. The Morgan fingerprint density at radius 3 is 2.48 bits per heavy atom. The van der Waals surface area contributed by atoms with Crippen LogP contribution in [0.5, 0.6) is 11.5 Å².